The van der Waals surface area contributed by atoms with Crippen LogP contribution in [0.1, 0.15) is 129 Å². The summed E-state index contributed by atoms with van der Waals surface area (Å²) in [6.07, 6.45) is 27.8. The highest BCUT2D eigenvalue weighted by atomic mass is 16.5. The van der Waals surface area contributed by atoms with Gasteiger partial charge in [-0.3, -0.25) is 0 Å². The highest BCUT2D eigenvalue weighted by Crippen LogP contribution is 2.09. The summed E-state index contributed by atoms with van der Waals surface area (Å²) in [6.45, 7) is 6.63. The third-order valence-electron chi connectivity index (χ3n) is 5.66. The minimum absolute atomic E-state index is 0.0586. The first-order chi connectivity index (χ1) is 14.8. The summed E-state index contributed by atoms with van der Waals surface area (Å²) in [4.78, 5) is 0. The molecule has 0 rings (SSSR count). The van der Waals surface area contributed by atoms with Gasteiger partial charge in [-0.05, 0) is 38.5 Å². The summed E-state index contributed by atoms with van der Waals surface area (Å²) in [6, 6.07) is 0. The molecule has 180 valence electrons. The van der Waals surface area contributed by atoms with Crippen molar-refractivity contribution in [3.63, 3.8) is 0 Å². The molecule has 0 spiro atoms. The lowest BCUT2D eigenvalue weighted by Gasteiger charge is -2.15. The van der Waals surface area contributed by atoms with E-state index in [4.69, 9.17) is 9.47 Å². The Labute approximate surface area is 189 Å². The van der Waals surface area contributed by atoms with Crippen LogP contribution in [0.25, 0.3) is 0 Å². The van der Waals surface area contributed by atoms with Crippen molar-refractivity contribution in [3.8, 4) is 0 Å². The quantitative estimate of drug-likeness (QED) is 0.119. The molecule has 3 heteroatoms. The van der Waals surface area contributed by atoms with Crippen LogP contribution >= 0.6 is 0 Å². The van der Waals surface area contributed by atoms with E-state index in [1.807, 2.05) is 0 Å². The Bertz CT molecular complexity index is 330. The summed E-state index contributed by atoms with van der Waals surface area (Å²) in [5.41, 5.74) is 0. The fourth-order valence-corrected chi connectivity index (χ4v) is 3.60. The molecule has 0 saturated carbocycles. The molecule has 0 aliphatic carbocycles. The number of aliphatic hydroxyl groups is 1. The number of hydrogen-bond acceptors (Lipinski definition) is 3. The Kier molecular flexibility index (Phi) is 26.3. The lowest BCUT2D eigenvalue weighted by Crippen LogP contribution is -2.24. The van der Waals surface area contributed by atoms with E-state index in [9.17, 15) is 5.11 Å². The Morgan fingerprint density at radius 2 is 1.07 bits per heavy atom. The van der Waals surface area contributed by atoms with Gasteiger partial charge in [-0.25, -0.2) is 0 Å². The molecule has 30 heavy (non-hydrogen) atoms. The van der Waals surface area contributed by atoms with Crippen molar-refractivity contribution in [3.05, 3.63) is 12.2 Å². The van der Waals surface area contributed by atoms with Crippen molar-refractivity contribution < 1.29 is 14.6 Å². The largest absolute Gasteiger partial charge is 0.394 e. The SMILES string of the molecule is CCCCCCC=CCCCCCCCCOCC(CO)OCCCCCCCC. The van der Waals surface area contributed by atoms with E-state index in [1.165, 1.54) is 103 Å². The number of allylic oxidation sites excluding steroid dienone is 2. The van der Waals surface area contributed by atoms with Gasteiger partial charge in [0.05, 0.1) is 13.2 Å². The number of rotatable bonds is 25. The summed E-state index contributed by atoms with van der Waals surface area (Å²) in [5, 5.41) is 9.41. The van der Waals surface area contributed by atoms with Crippen molar-refractivity contribution in [2.24, 2.45) is 0 Å². The van der Waals surface area contributed by atoms with E-state index in [0.29, 0.717) is 6.61 Å². The first kappa shape index (κ1) is 29.6. The zero-order valence-corrected chi connectivity index (χ0v) is 20.6. The molecule has 0 radical (unpaired) electrons. The molecule has 0 aliphatic rings. The molecule has 1 unspecified atom stereocenters. The second-order valence-corrected chi connectivity index (χ2v) is 8.75. The lowest BCUT2D eigenvalue weighted by molar-refractivity contribution is -0.0437. The van der Waals surface area contributed by atoms with Crippen LogP contribution in [-0.4, -0.2) is 37.6 Å². The van der Waals surface area contributed by atoms with Gasteiger partial charge in [0.2, 0.25) is 0 Å². The predicted molar refractivity (Wildman–Crippen MR) is 131 cm³/mol. The molecule has 3 nitrogen and oxygen atoms in total. The fourth-order valence-electron chi connectivity index (χ4n) is 3.60. The maximum absolute atomic E-state index is 9.41. The first-order valence-electron chi connectivity index (χ1n) is 13.3. The van der Waals surface area contributed by atoms with Gasteiger partial charge in [0.15, 0.2) is 0 Å². The topological polar surface area (TPSA) is 38.7 Å². The molecule has 0 aromatic carbocycles. The second kappa shape index (κ2) is 26.7. The molecule has 0 fully saturated rings. The molecule has 0 bridgehead atoms. The average Bonchev–Trinajstić information content (AvgIpc) is 2.76. The Morgan fingerprint density at radius 3 is 1.63 bits per heavy atom. The number of aliphatic hydroxyl groups excluding tert-OH is 1. The summed E-state index contributed by atoms with van der Waals surface area (Å²) < 4.78 is 11.5. The van der Waals surface area contributed by atoms with Gasteiger partial charge in [-0.15, -0.1) is 0 Å². The van der Waals surface area contributed by atoms with E-state index >= 15 is 0 Å². The zero-order chi connectivity index (χ0) is 22.0. The third-order valence-corrected chi connectivity index (χ3v) is 5.66. The second-order valence-electron chi connectivity index (χ2n) is 8.75. The molecule has 0 saturated heterocycles. The van der Waals surface area contributed by atoms with Gasteiger partial charge >= 0.3 is 0 Å². The summed E-state index contributed by atoms with van der Waals surface area (Å²) in [7, 11) is 0. The predicted octanol–water partition coefficient (Wildman–Crippen LogP) is 8.00. The van der Waals surface area contributed by atoms with E-state index in [2.05, 4.69) is 26.0 Å². The van der Waals surface area contributed by atoms with Crippen molar-refractivity contribution in [1.29, 1.82) is 0 Å². The fraction of sp³-hybridized carbons (Fsp3) is 0.926. The molecule has 0 amide bonds. The van der Waals surface area contributed by atoms with Crippen LogP contribution in [-0.2, 0) is 9.47 Å². The van der Waals surface area contributed by atoms with Crippen molar-refractivity contribution in [1.82, 2.24) is 0 Å². The van der Waals surface area contributed by atoms with Crippen molar-refractivity contribution in [2.75, 3.05) is 26.4 Å². The first-order valence-corrected chi connectivity index (χ1v) is 13.3. The van der Waals surface area contributed by atoms with Crippen LogP contribution in [0.3, 0.4) is 0 Å². The smallest absolute Gasteiger partial charge is 0.104 e. The zero-order valence-electron chi connectivity index (χ0n) is 20.6. The van der Waals surface area contributed by atoms with Gasteiger partial charge in [0.1, 0.15) is 6.10 Å². The molecular formula is C27H54O3. The van der Waals surface area contributed by atoms with Crippen molar-refractivity contribution in [2.45, 2.75) is 136 Å². The monoisotopic (exact) mass is 426 g/mol. The summed E-state index contributed by atoms with van der Waals surface area (Å²) in [5.74, 6) is 0. The number of unbranched alkanes of at least 4 members (excludes halogenated alkanes) is 15. The highest BCUT2D eigenvalue weighted by Gasteiger charge is 2.07. The maximum atomic E-state index is 9.41. The minimum Gasteiger partial charge on any atom is -0.394 e. The van der Waals surface area contributed by atoms with Gasteiger partial charge in [-0.2, -0.15) is 0 Å². The van der Waals surface area contributed by atoms with Crippen LogP contribution in [0.4, 0.5) is 0 Å². The molecule has 1 N–H and O–H groups in total. The van der Waals surface area contributed by atoms with Gasteiger partial charge in [0.25, 0.3) is 0 Å². The highest BCUT2D eigenvalue weighted by molar-refractivity contribution is 4.81. The molecular weight excluding hydrogens is 372 g/mol. The Balaban J connectivity index is 3.28. The summed E-state index contributed by atoms with van der Waals surface area (Å²) >= 11 is 0. The van der Waals surface area contributed by atoms with Crippen LogP contribution < -0.4 is 0 Å². The van der Waals surface area contributed by atoms with Crippen LogP contribution in [0.5, 0.6) is 0 Å². The third kappa shape index (κ3) is 23.9. The average molecular weight is 427 g/mol. The minimum atomic E-state index is -0.152. The molecule has 0 heterocycles. The van der Waals surface area contributed by atoms with Gasteiger partial charge in [-0.1, -0.05) is 103 Å². The molecule has 0 aliphatic heterocycles. The van der Waals surface area contributed by atoms with E-state index in [1.54, 1.807) is 0 Å². The Morgan fingerprint density at radius 1 is 0.600 bits per heavy atom. The van der Waals surface area contributed by atoms with E-state index in [-0.39, 0.29) is 12.7 Å². The Hall–Kier alpha value is -0.380. The molecule has 0 aromatic heterocycles. The van der Waals surface area contributed by atoms with Crippen LogP contribution in [0.2, 0.25) is 0 Å². The van der Waals surface area contributed by atoms with Gasteiger partial charge < -0.3 is 14.6 Å². The van der Waals surface area contributed by atoms with Crippen LogP contribution in [0.15, 0.2) is 12.2 Å². The number of ether oxygens (including phenoxy) is 2. The molecule has 0 aromatic rings. The number of hydrogen-bond donors (Lipinski definition) is 1. The normalized spacial score (nSPS) is 12.8. The van der Waals surface area contributed by atoms with E-state index < -0.39 is 0 Å². The maximum Gasteiger partial charge on any atom is 0.104 e. The molecule has 1 atom stereocenters. The van der Waals surface area contributed by atoms with Crippen LogP contribution in [0, 0.1) is 0 Å². The lowest BCUT2D eigenvalue weighted by atomic mass is 10.1. The van der Waals surface area contributed by atoms with E-state index in [0.717, 1.165) is 26.1 Å². The van der Waals surface area contributed by atoms with Crippen molar-refractivity contribution >= 4 is 0 Å². The standard InChI is InChI=1S/C27H54O3/c1-3-5-7-9-11-12-13-14-15-16-17-18-19-21-23-29-26-27(25-28)30-24-22-20-10-8-6-4-2/h12-13,27-28H,3-11,14-26H2,1-2H3. The van der Waals surface area contributed by atoms with Gasteiger partial charge in [0, 0.05) is 13.2 Å².